The average Bonchev–Trinajstić information content (AvgIpc) is 3.04. The fraction of sp³-hybridized carbons (Fsp3) is 0.857. The molecule has 0 aromatic heterocycles. The van der Waals surface area contributed by atoms with Crippen LogP contribution in [0.1, 0.15) is 38.5 Å². The van der Waals surface area contributed by atoms with Gasteiger partial charge in [0.1, 0.15) is 5.54 Å². The zero-order valence-corrected chi connectivity index (χ0v) is 11.8. The summed E-state index contributed by atoms with van der Waals surface area (Å²) < 4.78 is 5.54. The van der Waals surface area contributed by atoms with Crippen LogP contribution in [0.4, 0.5) is 4.79 Å². The van der Waals surface area contributed by atoms with Gasteiger partial charge in [-0.2, -0.15) is 0 Å². The van der Waals surface area contributed by atoms with Crippen molar-refractivity contribution in [2.75, 3.05) is 19.7 Å². The molecule has 2 heterocycles. The lowest BCUT2D eigenvalue weighted by Gasteiger charge is -2.38. The third-order valence-corrected chi connectivity index (χ3v) is 4.97. The second-order valence-electron chi connectivity index (χ2n) is 6.13. The van der Waals surface area contributed by atoms with Crippen LogP contribution in [0, 0.1) is 5.92 Å². The van der Waals surface area contributed by atoms with Crippen molar-refractivity contribution in [2.24, 2.45) is 11.7 Å². The number of nitrogens with two attached hydrogens (primary N) is 1. The van der Waals surface area contributed by atoms with Gasteiger partial charge >= 0.3 is 6.03 Å². The molecule has 3 fully saturated rings. The van der Waals surface area contributed by atoms with E-state index in [1.165, 1.54) is 4.90 Å². The van der Waals surface area contributed by atoms with Gasteiger partial charge in [-0.05, 0) is 32.2 Å². The number of carbonyl (C=O) groups excluding carboxylic acids is 2. The summed E-state index contributed by atoms with van der Waals surface area (Å²) in [4.78, 5) is 26.3. The third kappa shape index (κ3) is 2.11. The van der Waals surface area contributed by atoms with Gasteiger partial charge in [0.15, 0.2) is 0 Å². The Bertz CT molecular complexity index is 408. The SMILES string of the molecule is NCC1CCCCC12NC(=O)N(CC1CCCO1)C2=O. The molecule has 2 saturated heterocycles. The molecule has 6 heteroatoms. The Morgan fingerprint density at radius 3 is 2.85 bits per heavy atom. The highest BCUT2D eigenvalue weighted by molar-refractivity contribution is 6.07. The summed E-state index contributed by atoms with van der Waals surface area (Å²) in [5, 5.41) is 2.95. The van der Waals surface area contributed by atoms with Crippen molar-refractivity contribution in [3.8, 4) is 0 Å². The molecule has 3 amide bonds. The van der Waals surface area contributed by atoms with Crippen LogP contribution in [0.25, 0.3) is 0 Å². The molecule has 3 unspecified atom stereocenters. The number of hydrogen-bond acceptors (Lipinski definition) is 4. The van der Waals surface area contributed by atoms with Crippen LogP contribution < -0.4 is 11.1 Å². The number of urea groups is 1. The van der Waals surface area contributed by atoms with Crippen molar-refractivity contribution in [1.29, 1.82) is 0 Å². The van der Waals surface area contributed by atoms with Crippen LogP contribution in [-0.4, -0.2) is 48.2 Å². The predicted molar refractivity (Wildman–Crippen MR) is 73.0 cm³/mol. The van der Waals surface area contributed by atoms with E-state index in [-0.39, 0.29) is 24.0 Å². The van der Waals surface area contributed by atoms with Crippen LogP contribution in [0.3, 0.4) is 0 Å². The van der Waals surface area contributed by atoms with E-state index < -0.39 is 5.54 Å². The number of ether oxygens (including phenoxy) is 1. The molecular formula is C14H23N3O3. The van der Waals surface area contributed by atoms with Crippen molar-refractivity contribution in [1.82, 2.24) is 10.2 Å². The van der Waals surface area contributed by atoms with E-state index in [1.807, 2.05) is 0 Å². The van der Waals surface area contributed by atoms with Crippen molar-refractivity contribution in [2.45, 2.75) is 50.2 Å². The molecule has 3 rings (SSSR count). The van der Waals surface area contributed by atoms with Crippen LogP contribution in [0.2, 0.25) is 0 Å². The summed E-state index contributed by atoms with van der Waals surface area (Å²) in [7, 11) is 0. The highest BCUT2D eigenvalue weighted by atomic mass is 16.5. The minimum Gasteiger partial charge on any atom is -0.376 e. The predicted octanol–water partition coefficient (Wildman–Crippen LogP) is 0.605. The van der Waals surface area contributed by atoms with E-state index in [2.05, 4.69) is 5.32 Å². The molecule has 2 aliphatic heterocycles. The third-order valence-electron chi connectivity index (χ3n) is 4.97. The zero-order valence-electron chi connectivity index (χ0n) is 11.8. The van der Waals surface area contributed by atoms with Gasteiger partial charge in [0.25, 0.3) is 5.91 Å². The van der Waals surface area contributed by atoms with Crippen molar-refractivity contribution in [3.05, 3.63) is 0 Å². The maximum absolute atomic E-state index is 12.8. The highest BCUT2D eigenvalue weighted by Gasteiger charge is 2.56. The molecule has 3 aliphatic rings. The van der Waals surface area contributed by atoms with E-state index in [1.54, 1.807) is 0 Å². The van der Waals surface area contributed by atoms with Crippen molar-refractivity contribution in [3.63, 3.8) is 0 Å². The van der Waals surface area contributed by atoms with Gasteiger partial charge < -0.3 is 15.8 Å². The topological polar surface area (TPSA) is 84.7 Å². The van der Waals surface area contributed by atoms with Gasteiger partial charge in [0.05, 0.1) is 12.6 Å². The summed E-state index contributed by atoms with van der Waals surface area (Å²) in [6.07, 6.45) is 5.60. The standard InChI is InChI=1S/C14H23N3O3/c15-8-10-4-1-2-6-14(10)12(18)17(13(19)16-14)9-11-5-3-7-20-11/h10-11H,1-9,15H2,(H,16,19). The van der Waals surface area contributed by atoms with E-state index in [0.717, 1.165) is 38.7 Å². The van der Waals surface area contributed by atoms with E-state index in [0.29, 0.717) is 19.5 Å². The molecule has 0 radical (unpaired) electrons. The van der Waals surface area contributed by atoms with E-state index in [4.69, 9.17) is 10.5 Å². The molecule has 0 bridgehead atoms. The second-order valence-corrected chi connectivity index (χ2v) is 6.13. The Labute approximate surface area is 119 Å². The summed E-state index contributed by atoms with van der Waals surface area (Å²) in [6.45, 7) is 1.55. The quantitative estimate of drug-likeness (QED) is 0.742. The molecule has 3 N–H and O–H groups in total. The van der Waals surface area contributed by atoms with Crippen LogP contribution in [0.15, 0.2) is 0 Å². The highest BCUT2D eigenvalue weighted by Crippen LogP contribution is 2.38. The molecule has 1 saturated carbocycles. The Hall–Kier alpha value is -1.14. The lowest BCUT2D eigenvalue weighted by atomic mass is 9.72. The Kier molecular flexibility index (Phi) is 3.69. The van der Waals surface area contributed by atoms with Crippen molar-refractivity contribution >= 4 is 11.9 Å². The normalized spacial score (nSPS) is 37.8. The summed E-state index contributed by atoms with van der Waals surface area (Å²) in [5.41, 5.74) is 5.08. The maximum atomic E-state index is 12.8. The first kappa shape index (κ1) is 13.8. The molecule has 112 valence electrons. The van der Waals surface area contributed by atoms with E-state index >= 15 is 0 Å². The lowest BCUT2D eigenvalue weighted by molar-refractivity contribution is -0.135. The van der Waals surface area contributed by atoms with Gasteiger partial charge in [-0.3, -0.25) is 9.69 Å². The van der Waals surface area contributed by atoms with E-state index in [9.17, 15) is 9.59 Å². The number of nitrogens with zero attached hydrogens (tertiary/aromatic N) is 1. The second kappa shape index (κ2) is 5.33. The van der Waals surface area contributed by atoms with Crippen LogP contribution in [0.5, 0.6) is 0 Å². The average molecular weight is 281 g/mol. The zero-order chi connectivity index (χ0) is 14.2. The first-order valence-corrected chi connectivity index (χ1v) is 7.63. The lowest BCUT2D eigenvalue weighted by Crippen LogP contribution is -2.57. The Morgan fingerprint density at radius 2 is 2.15 bits per heavy atom. The Balaban J connectivity index is 1.77. The molecule has 1 aliphatic carbocycles. The summed E-state index contributed by atoms with van der Waals surface area (Å²) >= 11 is 0. The smallest absolute Gasteiger partial charge is 0.325 e. The number of carbonyl (C=O) groups is 2. The van der Waals surface area contributed by atoms with Gasteiger partial charge in [-0.1, -0.05) is 12.8 Å². The molecule has 0 aromatic carbocycles. The number of rotatable bonds is 3. The molecule has 0 aromatic rings. The molecule has 6 nitrogen and oxygen atoms in total. The largest absolute Gasteiger partial charge is 0.376 e. The molecule has 1 spiro atoms. The van der Waals surface area contributed by atoms with Gasteiger partial charge in [0, 0.05) is 12.5 Å². The molecular weight excluding hydrogens is 258 g/mol. The maximum Gasteiger partial charge on any atom is 0.325 e. The summed E-state index contributed by atoms with van der Waals surface area (Å²) in [5.74, 6) is -0.0321. The number of imide groups is 1. The molecule has 20 heavy (non-hydrogen) atoms. The van der Waals surface area contributed by atoms with Gasteiger partial charge in [-0.15, -0.1) is 0 Å². The number of hydrogen-bond donors (Lipinski definition) is 2. The first-order chi connectivity index (χ1) is 9.67. The van der Waals surface area contributed by atoms with Gasteiger partial charge in [-0.25, -0.2) is 4.79 Å². The van der Waals surface area contributed by atoms with Crippen LogP contribution >= 0.6 is 0 Å². The van der Waals surface area contributed by atoms with Crippen molar-refractivity contribution < 1.29 is 14.3 Å². The van der Waals surface area contributed by atoms with Gasteiger partial charge in [0.2, 0.25) is 0 Å². The molecule has 3 atom stereocenters. The number of nitrogens with one attached hydrogen (secondary N) is 1. The Morgan fingerprint density at radius 1 is 1.30 bits per heavy atom. The van der Waals surface area contributed by atoms with Crippen LogP contribution in [-0.2, 0) is 9.53 Å². The first-order valence-electron chi connectivity index (χ1n) is 7.63. The number of amides is 3. The minimum absolute atomic E-state index is 0.000216. The summed E-state index contributed by atoms with van der Waals surface area (Å²) in [6, 6.07) is -0.272. The fourth-order valence-corrected chi connectivity index (χ4v) is 3.81. The monoisotopic (exact) mass is 281 g/mol. The fourth-order valence-electron chi connectivity index (χ4n) is 3.81. The minimum atomic E-state index is -0.747.